The van der Waals surface area contributed by atoms with Crippen LogP contribution in [0, 0.1) is 0 Å². The van der Waals surface area contributed by atoms with Crippen LogP contribution in [0.3, 0.4) is 0 Å². The number of alkyl halides is 3. The zero-order valence-electron chi connectivity index (χ0n) is 8.61. The van der Waals surface area contributed by atoms with Crippen LogP contribution >= 0.6 is 0 Å². The van der Waals surface area contributed by atoms with Gasteiger partial charge in [0.05, 0.1) is 6.10 Å². The highest BCUT2D eigenvalue weighted by molar-refractivity contribution is 4.60. The van der Waals surface area contributed by atoms with Gasteiger partial charge in [-0.1, -0.05) is 32.6 Å². The third-order valence-corrected chi connectivity index (χ3v) is 2.15. The van der Waals surface area contributed by atoms with E-state index in [4.69, 9.17) is 0 Å². The zero-order chi connectivity index (χ0) is 11.0. The van der Waals surface area contributed by atoms with Crippen molar-refractivity contribution in [1.82, 2.24) is 0 Å². The molecule has 86 valence electrons. The van der Waals surface area contributed by atoms with Gasteiger partial charge in [-0.2, -0.15) is 13.2 Å². The fourth-order valence-electron chi connectivity index (χ4n) is 1.28. The summed E-state index contributed by atoms with van der Waals surface area (Å²) in [5, 5.41) is 9.21. The number of hydrogen-bond acceptors (Lipinski definition) is 1. The Kier molecular flexibility index (Phi) is 6.97. The van der Waals surface area contributed by atoms with Gasteiger partial charge < -0.3 is 5.11 Å². The van der Waals surface area contributed by atoms with E-state index in [2.05, 4.69) is 6.92 Å². The molecule has 0 aromatic carbocycles. The van der Waals surface area contributed by atoms with Crippen molar-refractivity contribution >= 4 is 0 Å². The standard InChI is InChI=1S/C10H19F3O/c1-2-3-4-5-6-9(14)7-8-10(11,12)13/h9,14H,2-8H2,1H3. The number of halogens is 3. The molecule has 1 N–H and O–H groups in total. The average molecular weight is 212 g/mol. The molecule has 1 nitrogen and oxygen atoms in total. The minimum Gasteiger partial charge on any atom is -0.393 e. The molecule has 4 heteroatoms. The van der Waals surface area contributed by atoms with Crippen molar-refractivity contribution in [3.05, 3.63) is 0 Å². The number of aliphatic hydroxyl groups is 1. The van der Waals surface area contributed by atoms with E-state index in [-0.39, 0.29) is 6.42 Å². The second-order valence-electron chi connectivity index (χ2n) is 3.66. The fourth-order valence-corrected chi connectivity index (χ4v) is 1.28. The predicted octanol–water partition coefficient (Wildman–Crippen LogP) is 3.66. The molecule has 0 radical (unpaired) electrons. The maximum Gasteiger partial charge on any atom is 0.389 e. The van der Waals surface area contributed by atoms with Crippen molar-refractivity contribution in [2.45, 2.75) is 64.1 Å². The molecule has 0 heterocycles. The minimum absolute atomic E-state index is 0.157. The van der Waals surface area contributed by atoms with Crippen LogP contribution in [0.2, 0.25) is 0 Å². The van der Waals surface area contributed by atoms with E-state index in [1.807, 2.05) is 0 Å². The summed E-state index contributed by atoms with van der Waals surface area (Å²) in [7, 11) is 0. The first-order valence-corrected chi connectivity index (χ1v) is 5.20. The van der Waals surface area contributed by atoms with Crippen LogP contribution in [0.4, 0.5) is 13.2 Å². The summed E-state index contributed by atoms with van der Waals surface area (Å²) in [5.74, 6) is 0. The van der Waals surface area contributed by atoms with E-state index in [0.717, 1.165) is 25.7 Å². The molecule has 1 unspecified atom stereocenters. The smallest absolute Gasteiger partial charge is 0.389 e. The molecule has 0 aliphatic rings. The van der Waals surface area contributed by atoms with Crippen molar-refractivity contribution < 1.29 is 18.3 Å². The molecule has 0 aromatic heterocycles. The van der Waals surface area contributed by atoms with Gasteiger partial charge in [0.2, 0.25) is 0 Å². The highest BCUT2D eigenvalue weighted by Gasteiger charge is 2.27. The maximum atomic E-state index is 11.7. The monoisotopic (exact) mass is 212 g/mol. The molecule has 0 amide bonds. The van der Waals surface area contributed by atoms with Gasteiger partial charge in [-0.25, -0.2) is 0 Å². The van der Waals surface area contributed by atoms with Gasteiger partial charge in [-0.3, -0.25) is 0 Å². The molecule has 1 atom stereocenters. The zero-order valence-corrected chi connectivity index (χ0v) is 8.61. The lowest BCUT2D eigenvalue weighted by molar-refractivity contribution is -0.140. The average Bonchev–Trinajstić information content (AvgIpc) is 2.08. The van der Waals surface area contributed by atoms with Crippen molar-refractivity contribution in [2.24, 2.45) is 0 Å². The summed E-state index contributed by atoms with van der Waals surface area (Å²) >= 11 is 0. The SMILES string of the molecule is CCCCCCC(O)CCC(F)(F)F. The van der Waals surface area contributed by atoms with E-state index < -0.39 is 18.7 Å². The van der Waals surface area contributed by atoms with E-state index >= 15 is 0 Å². The third kappa shape index (κ3) is 9.84. The Labute approximate surface area is 83.3 Å². The van der Waals surface area contributed by atoms with Crippen LogP contribution in [0.5, 0.6) is 0 Å². The Morgan fingerprint density at radius 3 is 2.21 bits per heavy atom. The molecule has 0 aliphatic heterocycles. The van der Waals surface area contributed by atoms with Gasteiger partial charge >= 0.3 is 6.18 Å². The summed E-state index contributed by atoms with van der Waals surface area (Å²) in [4.78, 5) is 0. The molecule has 0 bridgehead atoms. The molecule has 14 heavy (non-hydrogen) atoms. The fraction of sp³-hybridized carbons (Fsp3) is 1.00. The van der Waals surface area contributed by atoms with Gasteiger partial charge in [-0.15, -0.1) is 0 Å². The predicted molar refractivity (Wildman–Crippen MR) is 50.1 cm³/mol. The summed E-state index contributed by atoms with van der Waals surface area (Å²) in [6.45, 7) is 2.07. The Bertz CT molecular complexity index is 134. The number of aliphatic hydroxyl groups excluding tert-OH is 1. The van der Waals surface area contributed by atoms with Crippen LogP contribution < -0.4 is 0 Å². The van der Waals surface area contributed by atoms with Crippen LogP contribution in [-0.4, -0.2) is 17.4 Å². The molecule has 0 aromatic rings. The quantitative estimate of drug-likeness (QED) is 0.638. The molecule has 0 spiro atoms. The molecule has 0 fully saturated rings. The lowest BCUT2D eigenvalue weighted by Gasteiger charge is -2.11. The molecule has 0 saturated carbocycles. The Morgan fingerprint density at radius 2 is 1.71 bits per heavy atom. The number of unbranched alkanes of at least 4 members (excludes halogenated alkanes) is 3. The molecule has 0 rings (SSSR count). The second kappa shape index (κ2) is 7.10. The van der Waals surface area contributed by atoms with E-state index in [0.29, 0.717) is 6.42 Å². The topological polar surface area (TPSA) is 20.2 Å². The minimum atomic E-state index is -4.13. The second-order valence-corrected chi connectivity index (χ2v) is 3.66. The van der Waals surface area contributed by atoms with Gasteiger partial charge in [0, 0.05) is 6.42 Å². The van der Waals surface area contributed by atoms with Crippen LogP contribution in [0.15, 0.2) is 0 Å². The Morgan fingerprint density at radius 1 is 1.07 bits per heavy atom. The maximum absolute atomic E-state index is 11.7. The Hall–Kier alpha value is -0.250. The summed E-state index contributed by atoms with van der Waals surface area (Å²) < 4.78 is 35.2. The van der Waals surface area contributed by atoms with Gasteiger partial charge in [0.25, 0.3) is 0 Å². The van der Waals surface area contributed by atoms with Crippen molar-refractivity contribution in [3.63, 3.8) is 0 Å². The molecule has 0 saturated heterocycles. The van der Waals surface area contributed by atoms with Crippen molar-refractivity contribution in [2.75, 3.05) is 0 Å². The number of rotatable bonds is 7. The van der Waals surface area contributed by atoms with E-state index in [1.165, 1.54) is 0 Å². The molecular formula is C10H19F3O. The van der Waals surface area contributed by atoms with Crippen molar-refractivity contribution in [1.29, 1.82) is 0 Å². The van der Waals surface area contributed by atoms with Crippen LogP contribution in [0.1, 0.15) is 51.9 Å². The van der Waals surface area contributed by atoms with Crippen LogP contribution in [-0.2, 0) is 0 Å². The van der Waals surface area contributed by atoms with Gasteiger partial charge in [-0.05, 0) is 12.8 Å². The number of hydrogen-bond donors (Lipinski definition) is 1. The summed E-state index contributed by atoms with van der Waals surface area (Å²) in [5.41, 5.74) is 0. The van der Waals surface area contributed by atoms with E-state index in [9.17, 15) is 18.3 Å². The first-order valence-electron chi connectivity index (χ1n) is 5.20. The van der Waals surface area contributed by atoms with Gasteiger partial charge in [0.1, 0.15) is 0 Å². The molecular weight excluding hydrogens is 193 g/mol. The lowest BCUT2D eigenvalue weighted by atomic mass is 10.1. The first-order chi connectivity index (χ1) is 6.45. The summed E-state index contributed by atoms with van der Waals surface area (Å²) in [6.07, 6.45) is -1.44. The largest absolute Gasteiger partial charge is 0.393 e. The first kappa shape index (κ1) is 13.8. The highest BCUT2D eigenvalue weighted by Crippen LogP contribution is 2.23. The van der Waals surface area contributed by atoms with Gasteiger partial charge in [0.15, 0.2) is 0 Å². The van der Waals surface area contributed by atoms with E-state index in [1.54, 1.807) is 0 Å². The third-order valence-electron chi connectivity index (χ3n) is 2.15. The van der Waals surface area contributed by atoms with Crippen LogP contribution in [0.25, 0.3) is 0 Å². The van der Waals surface area contributed by atoms with Crippen molar-refractivity contribution in [3.8, 4) is 0 Å². The molecule has 0 aliphatic carbocycles. The normalized spacial score (nSPS) is 14.4. The summed E-state index contributed by atoms with van der Waals surface area (Å²) in [6, 6.07) is 0. The lowest BCUT2D eigenvalue weighted by Crippen LogP contribution is -2.14. The Balaban J connectivity index is 3.32. The highest BCUT2D eigenvalue weighted by atomic mass is 19.4.